The van der Waals surface area contributed by atoms with Crippen molar-refractivity contribution in [3.05, 3.63) is 17.8 Å². The van der Waals surface area contributed by atoms with Gasteiger partial charge in [-0.25, -0.2) is 19.3 Å². The zero-order valence-electron chi connectivity index (χ0n) is 9.25. The molecule has 0 amide bonds. The molecule has 0 bridgehead atoms. The molecule has 96 valence electrons. The highest BCUT2D eigenvalue weighted by Gasteiger charge is 2.43. The maximum absolute atomic E-state index is 14.8. The van der Waals surface area contributed by atoms with Crippen LogP contribution >= 0.6 is 11.6 Å². The van der Waals surface area contributed by atoms with E-state index in [0.29, 0.717) is 11.2 Å². The van der Waals surface area contributed by atoms with E-state index in [0.717, 1.165) is 0 Å². The van der Waals surface area contributed by atoms with Crippen LogP contribution < -0.4 is 0 Å². The zero-order chi connectivity index (χ0) is 12.8. The second-order valence-electron chi connectivity index (χ2n) is 4.19. The maximum Gasteiger partial charge on any atom is 0.214 e. The van der Waals surface area contributed by atoms with Crippen LogP contribution in [0.3, 0.4) is 0 Å². The highest BCUT2D eigenvalue weighted by Crippen LogP contribution is 2.35. The van der Waals surface area contributed by atoms with Gasteiger partial charge in [-0.2, -0.15) is 0 Å². The largest absolute Gasteiger partial charge is 0.394 e. The fourth-order valence-corrected chi connectivity index (χ4v) is 2.27. The molecule has 0 spiro atoms. The Morgan fingerprint density at radius 3 is 3.11 bits per heavy atom. The van der Waals surface area contributed by atoms with Gasteiger partial charge >= 0.3 is 0 Å². The Bertz CT molecular complexity index is 592. The lowest BCUT2D eigenvalue weighted by atomic mass is 10.1. The molecule has 1 fully saturated rings. The summed E-state index contributed by atoms with van der Waals surface area (Å²) in [5.74, 6) is -1.76. The van der Waals surface area contributed by atoms with Crippen LogP contribution in [-0.2, 0) is 10.5 Å². The molecule has 6 nitrogen and oxygen atoms in total. The topological polar surface area (TPSA) is 73.1 Å². The van der Waals surface area contributed by atoms with Crippen molar-refractivity contribution in [1.29, 1.82) is 0 Å². The first-order chi connectivity index (χ1) is 8.64. The quantitative estimate of drug-likeness (QED) is 0.822. The van der Waals surface area contributed by atoms with Gasteiger partial charge < -0.3 is 9.84 Å². The molecule has 0 unspecified atom stereocenters. The third-order valence-corrected chi connectivity index (χ3v) is 3.28. The van der Waals surface area contributed by atoms with Crippen molar-refractivity contribution in [3.8, 4) is 0 Å². The number of aliphatic hydroxyl groups is 1. The van der Waals surface area contributed by atoms with E-state index >= 15 is 0 Å². The molecule has 2 atom stereocenters. The molecule has 0 saturated carbocycles. The molecule has 18 heavy (non-hydrogen) atoms. The third kappa shape index (κ3) is 1.66. The van der Waals surface area contributed by atoms with Gasteiger partial charge in [0, 0.05) is 6.42 Å². The van der Waals surface area contributed by atoms with Crippen LogP contribution in [0.1, 0.15) is 6.42 Å². The molecule has 3 rings (SSSR count). The van der Waals surface area contributed by atoms with Gasteiger partial charge in [-0.05, 0) is 0 Å². The summed E-state index contributed by atoms with van der Waals surface area (Å²) < 4.78 is 21.2. The van der Waals surface area contributed by atoms with E-state index < -0.39 is 11.9 Å². The van der Waals surface area contributed by atoms with Crippen molar-refractivity contribution in [2.75, 3.05) is 13.2 Å². The summed E-state index contributed by atoms with van der Waals surface area (Å²) in [5.41, 5.74) is 0.670. The molecule has 8 heteroatoms. The van der Waals surface area contributed by atoms with Gasteiger partial charge in [-0.1, -0.05) is 11.6 Å². The van der Waals surface area contributed by atoms with Crippen molar-refractivity contribution in [1.82, 2.24) is 19.5 Å². The molecule has 2 aromatic heterocycles. The summed E-state index contributed by atoms with van der Waals surface area (Å²) in [5, 5.41) is 9.17. The average molecular weight is 273 g/mol. The zero-order valence-corrected chi connectivity index (χ0v) is 10.0. The fraction of sp³-hybridized carbons (Fsp3) is 0.500. The number of aromatic nitrogens is 4. The van der Waals surface area contributed by atoms with Crippen LogP contribution in [0.4, 0.5) is 4.39 Å². The molecule has 3 heterocycles. The van der Waals surface area contributed by atoms with E-state index in [2.05, 4.69) is 15.0 Å². The van der Waals surface area contributed by atoms with Crippen LogP contribution in [0.15, 0.2) is 12.7 Å². The summed E-state index contributed by atoms with van der Waals surface area (Å²) in [7, 11) is 0. The Hall–Kier alpha value is -1.31. The lowest BCUT2D eigenvalue weighted by molar-refractivity contribution is 0.0286. The smallest absolute Gasteiger partial charge is 0.214 e. The van der Waals surface area contributed by atoms with Crippen molar-refractivity contribution in [2.45, 2.75) is 18.3 Å². The predicted molar refractivity (Wildman–Crippen MR) is 60.9 cm³/mol. The summed E-state index contributed by atoms with van der Waals surface area (Å²) in [6, 6.07) is 0. The SMILES string of the molecule is OC[C@@H]1C[C@@](F)(n2cnc3c(Cl)ncnc32)CO1. The highest BCUT2D eigenvalue weighted by molar-refractivity contribution is 6.33. The fourth-order valence-electron chi connectivity index (χ4n) is 2.10. The number of alkyl halides is 1. The van der Waals surface area contributed by atoms with Crippen LogP contribution in [0.2, 0.25) is 5.15 Å². The molecule has 1 N–H and O–H groups in total. The minimum absolute atomic E-state index is 0.0522. The van der Waals surface area contributed by atoms with Gasteiger partial charge in [-0.3, -0.25) is 4.57 Å². The van der Waals surface area contributed by atoms with Crippen molar-refractivity contribution in [2.24, 2.45) is 0 Å². The van der Waals surface area contributed by atoms with E-state index in [-0.39, 0.29) is 24.8 Å². The van der Waals surface area contributed by atoms with Crippen LogP contribution in [-0.4, -0.2) is 43.9 Å². The summed E-state index contributed by atoms with van der Waals surface area (Å²) in [6.07, 6.45) is 2.13. The third-order valence-electron chi connectivity index (χ3n) is 3.00. The number of hydrogen-bond acceptors (Lipinski definition) is 5. The van der Waals surface area contributed by atoms with E-state index in [9.17, 15) is 4.39 Å². The predicted octanol–water partition coefficient (Wildman–Crippen LogP) is 0.883. The average Bonchev–Trinajstić information content (AvgIpc) is 2.94. The van der Waals surface area contributed by atoms with Crippen LogP contribution in [0.25, 0.3) is 11.2 Å². The second-order valence-corrected chi connectivity index (χ2v) is 4.55. The van der Waals surface area contributed by atoms with Crippen molar-refractivity contribution < 1.29 is 14.2 Å². The molecule has 0 radical (unpaired) electrons. The van der Waals surface area contributed by atoms with E-state index in [1.807, 2.05) is 0 Å². The van der Waals surface area contributed by atoms with Gasteiger partial charge in [0.1, 0.15) is 18.5 Å². The minimum Gasteiger partial charge on any atom is -0.394 e. The van der Waals surface area contributed by atoms with E-state index in [1.165, 1.54) is 17.2 Å². The van der Waals surface area contributed by atoms with Gasteiger partial charge in [0.05, 0.1) is 19.0 Å². The monoisotopic (exact) mass is 272 g/mol. The maximum atomic E-state index is 14.8. The molecule has 0 aromatic carbocycles. The molecule has 1 aliphatic rings. The minimum atomic E-state index is -1.76. The van der Waals surface area contributed by atoms with Gasteiger partial charge in [0.15, 0.2) is 10.8 Å². The molecule has 0 aliphatic carbocycles. The number of rotatable bonds is 2. The Labute approximate surface area is 106 Å². The Balaban J connectivity index is 2.07. The molecular weight excluding hydrogens is 263 g/mol. The number of hydrogen-bond donors (Lipinski definition) is 1. The standard InChI is InChI=1S/C10H10ClFN4O2/c11-8-7-9(14-4-13-8)16(5-15-7)10(12)1-6(2-17)18-3-10/h4-6,17H,1-3H2/t6-,10+/m0/s1. The number of halogens is 2. The molecule has 1 saturated heterocycles. The second kappa shape index (κ2) is 4.11. The Morgan fingerprint density at radius 2 is 2.39 bits per heavy atom. The first kappa shape index (κ1) is 11.8. The number of fused-ring (bicyclic) bond motifs is 1. The molecule has 2 aromatic rings. The normalized spacial score (nSPS) is 28.1. The summed E-state index contributed by atoms with van der Waals surface area (Å²) in [6.45, 7) is -0.362. The highest BCUT2D eigenvalue weighted by atomic mass is 35.5. The number of aliphatic hydroxyl groups excluding tert-OH is 1. The van der Waals surface area contributed by atoms with Crippen LogP contribution in [0, 0.1) is 0 Å². The number of ether oxygens (including phenoxy) is 1. The number of imidazole rings is 1. The number of nitrogens with zero attached hydrogens (tertiary/aromatic N) is 4. The van der Waals surface area contributed by atoms with Crippen molar-refractivity contribution in [3.63, 3.8) is 0 Å². The van der Waals surface area contributed by atoms with Crippen molar-refractivity contribution >= 4 is 22.8 Å². The van der Waals surface area contributed by atoms with Gasteiger partial charge in [0.25, 0.3) is 0 Å². The lowest BCUT2D eigenvalue weighted by Gasteiger charge is -2.19. The summed E-state index contributed by atoms with van der Waals surface area (Å²) in [4.78, 5) is 11.8. The van der Waals surface area contributed by atoms with Gasteiger partial charge in [-0.15, -0.1) is 0 Å². The van der Waals surface area contributed by atoms with Gasteiger partial charge in [0.2, 0.25) is 5.79 Å². The lowest BCUT2D eigenvalue weighted by Crippen LogP contribution is -2.29. The Kier molecular flexibility index (Phi) is 2.69. The first-order valence-electron chi connectivity index (χ1n) is 5.39. The molecular formula is C10H10ClFN4O2. The molecule has 1 aliphatic heterocycles. The van der Waals surface area contributed by atoms with E-state index in [4.69, 9.17) is 21.4 Å². The van der Waals surface area contributed by atoms with Crippen LogP contribution in [0.5, 0.6) is 0 Å². The first-order valence-corrected chi connectivity index (χ1v) is 5.77. The van der Waals surface area contributed by atoms with E-state index in [1.54, 1.807) is 0 Å². The Morgan fingerprint density at radius 1 is 1.56 bits per heavy atom. The summed E-state index contributed by atoms with van der Waals surface area (Å²) >= 11 is 5.86.